The zero-order valence-electron chi connectivity index (χ0n) is 13.9. The van der Waals surface area contributed by atoms with Gasteiger partial charge in [0, 0.05) is 13.1 Å². The lowest BCUT2D eigenvalue weighted by atomic mass is 9.96. The lowest BCUT2D eigenvalue weighted by molar-refractivity contribution is -0.386. The lowest BCUT2D eigenvalue weighted by Gasteiger charge is -2.32. The molecular weight excluding hydrogens is 341 g/mol. The van der Waals surface area contributed by atoms with E-state index in [0.717, 1.165) is 22.9 Å². The molecule has 134 valence electrons. The van der Waals surface area contributed by atoms with E-state index in [9.17, 15) is 19.3 Å². The van der Waals surface area contributed by atoms with E-state index < -0.39 is 16.4 Å². The maximum atomic E-state index is 13.9. The number of nitro groups is 1. The molecule has 0 atom stereocenters. The zero-order chi connectivity index (χ0) is 18.3. The number of benzene rings is 2. The first-order chi connectivity index (χ1) is 12.6. The average Bonchev–Trinajstić information content (AvgIpc) is 3.06. The Morgan fingerprint density at radius 1 is 1.12 bits per heavy atom. The molecule has 2 aromatic carbocycles. The van der Waals surface area contributed by atoms with Gasteiger partial charge in [-0.1, -0.05) is 18.2 Å². The molecule has 0 radical (unpaired) electrons. The van der Waals surface area contributed by atoms with Crippen LogP contribution in [0.1, 0.15) is 11.1 Å². The first-order valence-corrected chi connectivity index (χ1v) is 8.29. The predicted octanol–water partition coefficient (Wildman–Crippen LogP) is 3.25. The molecule has 7 nitrogen and oxygen atoms in total. The van der Waals surface area contributed by atoms with E-state index in [4.69, 9.17) is 4.74 Å². The Kier molecular flexibility index (Phi) is 3.95. The molecule has 1 fully saturated rings. The number of hydrogen-bond acceptors (Lipinski definition) is 5. The van der Waals surface area contributed by atoms with Gasteiger partial charge in [-0.25, -0.2) is 4.79 Å². The molecule has 4 rings (SSSR count). The van der Waals surface area contributed by atoms with E-state index in [1.54, 1.807) is 15.9 Å². The summed E-state index contributed by atoms with van der Waals surface area (Å²) in [6.45, 7) is 1.78. The molecular formula is C18H16FN3O4. The molecule has 0 saturated carbocycles. The molecule has 0 spiro atoms. The van der Waals surface area contributed by atoms with Gasteiger partial charge in [0.1, 0.15) is 12.3 Å². The van der Waals surface area contributed by atoms with Crippen LogP contribution in [0.2, 0.25) is 0 Å². The van der Waals surface area contributed by atoms with E-state index in [1.165, 1.54) is 6.07 Å². The van der Waals surface area contributed by atoms with Crippen LogP contribution in [0.3, 0.4) is 0 Å². The minimum atomic E-state index is -0.841. The summed E-state index contributed by atoms with van der Waals surface area (Å²) >= 11 is 0. The van der Waals surface area contributed by atoms with Gasteiger partial charge < -0.3 is 9.64 Å². The van der Waals surface area contributed by atoms with Crippen molar-refractivity contribution in [1.82, 2.24) is 0 Å². The summed E-state index contributed by atoms with van der Waals surface area (Å²) in [6.07, 6.45) is 0.241. The molecule has 0 bridgehead atoms. The molecule has 2 aliphatic heterocycles. The fourth-order valence-electron chi connectivity index (χ4n) is 3.60. The highest BCUT2D eigenvalue weighted by atomic mass is 19.1. The van der Waals surface area contributed by atoms with Gasteiger partial charge in [-0.3, -0.25) is 15.0 Å². The summed E-state index contributed by atoms with van der Waals surface area (Å²) in [5.41, 5.74) is 2.58. The second kappa shape index (κ2) is 6.29. The molecule has 2 aliphatic rings. The molecule has 1 amide bonds. The van der Waals surface area contributed by atoms with Gasteiger partial charge in [0.05, 0.1) is 17.2 Å². The molecule has 26 heavy (non-hydrogen) atoms. The molecule has 0 aromatic heterocycles. The largest absolute Gasteiger partial charge is 0.447 e. The second-order valence-corrected chi connectivity index (χ2v) is 6.22. The van der Waals surface area contributed by atoms with Crippen LogP contribution < -0.4 is 9.80 Å². The highest BCUT2D eigenvalue weighted by Gasteiger charge is 2.30. The van der Waals surface area contributed by atoms with E-state index in [1.807, 2.05) is 18.2 Å². The number of rotatable bonds is 3. The summed E-state index contributed by atoms with van der Waals surface area (Å²) in [7, 11) is 0. The minimum absolute atomic E-state index is 0.270. The van der Waals surface area contributed by atoms with Crippen molar-refractivity contribution < 1.29 is 18.8 Å². The SMILES string of the molecule is O=C1OCCN1c1cccc2c1CCN(c1cccc(F)c1[N+](=O)[O-])C2. The first-order valence-electron chi connectivity index (χ1n) is 8.29. The molecule has 1 saturated heterocycles. The fourth-order valence-corrected chi connectivity index (χ4v) is 3.60. The lowest BCUT2D eigenvalue weighted by Crippen LogP contribution is -2.33. The van der Waals surface area contributed by atoms with Crippen LogP contribution in [0.4, 0.5) is 26.2 Å². The molecule has 0 aliphatic carbocycles. The summed E-state index contributed by atoms with van der Waals surface area (Å²) in [6, 6.07) is 9.79. The summed E-state index contributed by atoms with van der Waals surface area (Å²) in [4.78, 5) is 25.9. The van der Waals surface area contributed by atoms with Gasteiger partial charge in [0.15, 0.2) is 0 Å². The highest BCUT2D eigenvalue weighted by molar-refractivity contribution is 5.90. The number of fused-ring (bicyclic) bond motifs is 1. The van der Waals surface area contributed by atoms with Crippen LogP contribution in [-0.4, -0.2) is 30.7 Å². The normalized spacial score (nSPS) is 16.4. The number of halogens is 1. The third-order valence-electron chi connectivity index (χ3n) is 4.78. The average molecular weight is 357 g/mol. The number of ether oxygens (including phenoxy) is 1. The van der Waals surface area contributed by atoms with Crippen LogP contribution in [0.5, 0.6) is 0 Å². The second-order valence-electron chi connectivity index (χ2n) is 6.22. The van der Waals surface area contributed by atoms with Crippen molar-refractivity contribution in [2.75, 3.05) is 29.5 Å². The number of nitrogens with zero attached hydrogens (tertiary/aromatic N) is 3. The topological polar surface area (TPSA) is 75.9 Å². The number of amides is 1. The third kappa shape index (κ3) is 2.63. The molecule has 0 unspecified atom stereocenters. The Morgan fingerprint density at radius 3 is 2.62 bits per heavy atom. The molecule has 2 heterocycles. The zero-order valence-corrected chi connectivity index (χ0v) is 13.9. The van der Waals surface area contributed by atoms with E-state index in [2.05, 4.69) is 0 Å². The summed E-state index contributed by atoms with van der Waals surface area (Å²) in [5.74, 6) is -0.841. The van der Waals surface area contributed by atoms with Gasteiger partial charge in [-0.15, -0.1) is 0 Å². The quantitative estimate of drug-likeness (QED) is 0.623. The third-order valence-corrected chi connectivity index (χ3v) is 4.78. The van der Waals surface area contributed by atoms with Crippen LogP contribution in [-0.2, 0) is 17.7 Å². The Hall–Kier alpha value is -3.16. The Balaban J connectivity index is 1.69. The van der Waals surface area contributed by atoms with Crippen molar-refractivity contribution in [3.63, 3.8) is 0 Å². The van der Waals surface area contributed by atoms with E-state index in [0.29, 0.717) is 32.7 Å². The molecule has 8 heteroatoms. The Morgan fingerprint density at radius 2 is 1.88 bits per heavy atom. The van der Waals surface area contributed by atoms with E-state index >= 15 is 0 Å². The number of carbonyl (C=O) groups is 1. The number of cyclic esters (lactones) is 1. The van der Waals surface area contributed by atoms with Crippen molar-refractivity contribution >= 4 is 23.2 Å². The summed E-state index contributed by atoms with van der Waals surface area (Å²) < 4.78 is 19.0. The van der Waals surface area contributed by atoms with Crippen molar-refractivity contribution in [1.29, 1.82) is 0 Å². The van der Waals surface area contributed by atoms with Crippen molar-refractivity contribution in [2.45, 2.75) is 13.0 Å². The van der Waals surface area contributed by atoms with Gasteiger partial charge in [0.25, 0.3) is 0 Å². The van der Waals surface area contributed by atoms with Crippen molar-refractivity contribution in [2.24, 2.45) is 0 Å². The molecule has 2 aromatic rings. The summed E-state index contributed by atoms with van der Waals surface area (Å²) in [5, 5.41) is 11.3. The monoisotopic (exact) mass is 357 g/mol. The Labute approximate surface area is 148 Å². The van der Waals surface area contributed by atoms with Gasteiger partial charge >= 0.3 is 11.8 Å². The van der Waals surface area contributed by atoms with Gasteiger partial charge in [-0.2, -0.15) is 4.39 Å². The number of anilines is 2. The van der Waals surface area contributed by atoms with Crippen molar-refractivity contribution in [3.05, 3.63) is 63.5 Å². The number of carbonyl (C=O) groups excluding carboxylic acids is 1. The van der Waals surface area contributed by atoms with E-state index in [-0.39, 0.29) is 11.8 Å². The van der Waals surface area contributed by atoms with Crippen LogP contribution in [0.15, 0.2) is 36.4 Å². The van der Waals surface area contributed by atoms with Crippen LogP contribution in [0, 0.1) is 15.9 Å². The minimum Gasteiger partial charge on any atom is -0.447 e. The number of para-hydroxylation sites is 1. The first kappa shape index (κ1) is 16.3. The maximum absolute atomic E-state index is 13.9. The fraction of sp³-hybridized carbons (Fsp3) is 0.278. The number of nitro benzene ring substituents is 1. The van der Waals surface area contributed by atoms with Crippen LogP contribution >= 0.6 is 0 Å². The van der Waals surface area contributed by atoms with Gasteiger partial charge in [0.2, 0.25) is 5.82 Å². The maximum Gasteiger partial charge on any atom is 0.414 e. The van der Waals surface area contributed by atoms with Crippen molar-refractivity contribution in [3.8, 4) is 0 Å². The molecule has 0 N–H and O–H groups in total. The Bertz CT molecular complexity index is 902. The number of hydrogen-bond donors (Lipinski definition) is 0. The van der Waals surface area contributed by atoms with Gasteiger partial charge in [-0.05, 0) is 35.7 Å². The predicted molar refractivity (Wildman–Crippen MR) is 92.9 cm³/mol. The standard InChI is InChI=1S/C18H16FN3O4/c19-14-4-2-6-16(17(14)22(24)25)20-8-7-13-12(11-20)3-1-5-15(13)21-9-10-26-18(21)23/h1-6H,7-11H2. The highest BCUT2D eigenvalue weighted by Crippen LogP contribution is 2.36. The van der Waals surface area contributed by atoms with Crippen LogP contribution in [0.25, 0.3) is 0 Å². The smallest absolute Gasteiger partial charge is 0.414 e.